The molecule has 1 amide bonds. The van der Waals surface area contributed by atoms with E-state index in [0.29, 0.717) is 6.04 Å². The second-order valence-electron chi connectivity index (χ2n) is 6.76. The lowest BCUT2D eigenvalue weighted by molar-refractivity contribution is -0.124. The number of nitrogens with one attached hydrogen (secondary N) is 2. The topological polar surface area (TPSA) is 44.4 Å². The Bertz CT molecular complexity index is 314. The maximum atomic E-state index is 12.2. The molecular weight excluding hydrogens is 250 g/mol. The lowest BCUT2D eigenvalue weighted by atomic mass is 10.00. The number of hydrogen-bond acceptors (Lipinski definition) is 3. The Kier molecular flexibility index (Phi) is 4.94. The van der Waals surface area contributed by atoms with Crippen LogP contribution < -0.4 is 10.6 Å². The molecule has 2 saturated heterocycles. The van der Waals surface area contributed by atoms with E-state index in [1.54, 1.807) is 0 Å². The highest BCUT2D eigenvalue weighted by Gasteiger charge is 2.29. The maximum absolute atomic E-state index is 12.2. The predicted octanol–water partition coefficient (Wildman–Crippen LogP) is 1.65. The Hall–Kier alpha value is -0.610. The van der Waals surface area contributed by atoms with Crippen LogP contribution >= 0.6 is 0 Å². The zero-order valence-electron chi connectivity index (χ0n) is 12.6. The molecule has 4 nitrogen and oxygen atoms in total. The lowest BCUT2D eigenvalue weighted by Gasteiger charge is -2.37. The average molecular weight is 279 g/mol. The van der Waals surface area contributed by atoms with Gasteiger partial charge in [-0.25, -0.2) is 0 Å². The summed E-state index contributed by atoms with van der Waals surface area (Å²) in [5, 5.41) is 6.61. The van der Waals surface area contributed by atoms with E-state index in [-0.39, 0.29) is 11.9 Å². The van der Waals surface area contributed by atoms with Gasteiger partial charge in [-0.05, 0) is 45.1 Å². The van der Waals surface area contributed by atoms with Crippen molar-refractivity contribution in [3.8, 4) is 0 Å². The first kappa shape index (κ1) is 14.3. The normalized spacial score (nSPS) is 30.5. The Morgan fingerprint density at radius 2 is 1.65 bits per heavy atom. The summed E-state index contributed by atoms with van der Waals surface area (Å²) >= 11 is 0. The molecule has 0 unspecified atom stereocenters. The molecule has 0 aromatic rings. The number of carbonyl (C=O) groups excluding carboxylic acids is 1. The highest BCUT2D eigenvalue weighted by atomic mass is 16.2. The van der Waals surface area contributed by atoms with E-state index in [2.05, 4.69) is 15.5 Å². The highest BCUT2D eigenvalue weighted by molar-refractivity contribution is 5.82. The fraction of sp³-hybridized carbons (Fsp3) is 0.938. The van der Waals surface area contributed by atoms with E-state index in [9.17, 15) is 4.79 Å². The standard InChI is InChI=1S/C16H29N3O/c20-16(15-7-3-4-10-17-15)18-13-8-11-19(12-9-13)14-5-1-2-6-14/h13-15,17H,1-12H2,(H,18,20)/t15-/m1/s1. The fourth-order valence-corrected chi connectivity index (χ4v) is 4.06. The van der Waals surface area contributed by atoms with Crippen molar-refractivity contribution in [3.63, 3.8) is 0 Å². The first-order valence-electron chi connectivity index (χ1n) is 8.61. The van der Waals surface area contributed by atoms with Gasteiger partial charge in [0.1, 0.15) is 0 Å². The van der Waals surface area contributed by atoms with Crippen LogP contribution in [-0.2, 0) is 4.79 Å². The van der Waals surface area contributed by atoms with Gasteiger partial charge < -0.3 is 15.5 Å². The smallest absolute Gasteiger partial charge is 0.237 e. The molecule has 3 rings (SSSR count). The van der Waals surface area contributed by atoms with E-state index < -0.39 is 0 Å². The Morgan fingerprint density at radius 3 is 2.30 bits per heavy atom. The Labute approximate surface area is 122 Å². The number of piperidine rings is 2. The molecule has 1 atom stereocenters. The minimum absolute atomic E-state index is 0.0663. The van der Waals surface area contributed by atoms with Crippen molar-refractivity contribution in [2.24, 2.45) is 0 Å². The van der Waals surface area contributed by atoms with Gasteiger partial charge in [-0.3, -0.25) is 4.79 Å². The third-order valence-electron chi connectivity index (χ3n) is 5.34. The molecule has 2 heterocycles. The minimum atomic E-state index is 0.0663. The summed E-state index contributed by atoms with van der Waals surface area (Å²) < 4.78 is 0. The van der Waals surface area contributed by atoms with Crippen LogP contribution in [0, 0.1) is 0 Å². The van der Waals surface area contributed by atoms with Gasteiger partial charge >= 0.3 is 0 Å². The SMILES string of the molecule is O=C(NC1CCN(C2CCCC2)CC1)[C@H]1CCCCN1. The van der Waals surface area contributed by atoms with Crippen LogP contribution in [0.1, 0.15) is 57.8 Å². The van der Waals surface area contributed by atoms with Crippen LogP contribution in [0.15, 0.2) is 0 Å². The number of likely N-dealkylation sites (tertiary alicyclic amines) is 1. The molecular formula is C16H29N3O. The largest absolute Gasteiger partial charge is 0.352 e. The Morgan fingerprint density at radius 1 is 0.950 bits per heavy atom. The third kappa shape index (κ3) is 3.53. The van der Waals surface area contributed by atoms with E-state index >= 15 is 0 Å². The molecule has 1 saturated carbocycles. The second kappa shape index (κ2) is 6.90. The lowest BCUT2D eigenvalue weighted by Crippen LogP contribution is -2.53. The third-order valence-corrected chi connectivity index (χ3v) is 5.34. The van der Waals surface area contributed by atoms with Gasteiger partial charge in [0.05, 0.1) is 6.04 Å². The molecule has 4 heteroatoms. The van der Waals surface area contributed by atoms with Crippen molar-refractivity contribution in [1.29, 1.82) is 0 Å². The van der Waals surface area contributed by atoms with Gasteiger partial charge in [0.25, 0.3) is 0 Å². The maximum Gasteiger partial charge on any atom is 0.237 e. The van der Waals surface area contributed by atoms with Crippen LogP contribution in [-0.4, -0.2) is 48.6 Å². The summed E-state index contributed by atoms with van der Waals surface area (Å²) in [5.41, 5.74) is 0. The van der Waals surface area contributed by atoms with Gasteiger partial charge in [-0.2, -0.15) is 0 Å². The zero-order chi connectivity index (χ0) is 13.8. The van der Waals surface area contributed by atoms with E-state index in [1.165, 1.54) is 51.6 Å². The first-order valence-corrected chi connectivity index (χ1v) is 8.61. The summed E-state index contributed by atoms with van der Waals surface area (Å²) in [5.74, 6) is 0.240. The monoisotopic (exact) mass is 279 g/mol. The summed E-state index contributed by atoms with van der Waals surface area (Å²) in [6, 6.07) is 1.31. The molecule has 0 aromatic carbocycles. The zero-order valence-corrected chi connectivity index (χ0v) is 12.6. The Balaban J connectivity index is 1.40. The number of carbonyl (C=O) groups is 1. The number of amides is 1. The van der Waals surface area contributed by atoms with E-state index in [4.69, 9.17) is 0 Å². The van der Waals surface area contributed by atoms with Gasteiger partial charge in [0.2, 0.25) is 5.91 Å². The summed E-state index contributed by atoms with van der Waals surface area (Å²) in [6.45, 7) is 3.35. The minimum Gasteiger partial charge on any atom is -0.352 e. The van der Waals surface area contributed by atoms with E-state index in [1.807, 2.05) is 0 Å². The number of nitrogens with zero attached hydrogens (tertiary/aromatic N) is 1. The molecule has 0 aromatic heterocycles. The van der Waals surface area contributed by atoms with Crippen LogP contribution in [0.3, 0.4) is 0 Å². The van der Waals surface area contributed by atoms with Gasteiger partial charge in [0, 0.05) is 25.2 Å². The summed E-state index contributed by atoms with van der Waals surface area (Å²) in [7, 11) is 0. The van der Waals surface area contributed by atoms with Crippen molar-refractivity contribution in [3.05, 3.63) is 0 Å². The van der Waals surface area contributed by atoms with Gasteiger partial charge in [-0.1, -0.05) is 19.3 Å². The molecule has 1 aliphatic carbocycles. The molecule has 0 bridgehead atoms. The first-order chi connectivity index (χ1) is 9.83. The number of hydrogen-bond donors (Lipinski definition) is 2. The van der Waals surface area contributed by atoms with Crippen LogP contribution in [0.5, 0.6) is 0 Å². The van der Waals surface area contributed by atoms with Crippen molar-refractivity contribution in [2.45, 2.75) is 75.9 Å². The fourth-order valence-electron chi connectivity index (χ4n) is 4.06. The van der Waals surface area contributed by atoms with Crippen LogP contribution in [0.25, 0.3) is 0 Å². The van der Waals surface area contributed by atoms with Gasteiger partial charge in [0.15, 0.2) is 0 Å². The summed E-state index contributed by atoms with van der Waals surface area (Å²) in [4.78, 5) is 14.9. The molecule has 2 aliphatic heterocycles. The molecule has 114 valence electrons. The average Bonchev–Trinajstić information content (AvgIpc) is 3.03. The molecule has 0 radical (unpaired) electrons. The van der Waals surface area contributed by atoms with Crippen molar-refractivity contribution < 1.29 is 4.79 Å². The highest BCUT2D eigenvalue weighted by Crippen LogP contribution is 2.26. The molecule has 3 aliphatic rings. The quantitative estimate of drug-likeness (QED) is 0.826. The molecule has 3 fully saturated rings. The van der Waals surface area contributed by atoms with E-state index in [0.717, 1.165) is 31.8 Å². The molecule has 2 N–H and O–H groups in total. The molecule has 0 spiro atoms. The summed E-state index contributed by atoms with van der Waals surface area (Å²) in [6.07, 6.45) is 11.3. The van der Waals surface area contributed by atoms with Crippen LogP contribution in [0.2, 0.25) is 0 Å². The van der Waals surface area contributed by atoms with Crippen molar-refractivity contribution >= 4 is 5.91 Å². The van der Waals surface area contributed by atoms with Crippen molar-refractivity contribution in [2.75, 3.05) is 19.6 Å². The molecule has 20 heavy (non-hydrogen) atoms. The van der Waals surface area contributed by atoms with Crippen LogP contribution in [0.4, 0.5) is 0 Å². The number of rotatable bonds is 3. The van der Waals surface area contributed by atoms with Gasteiger partial charge in [-0.15, -0.1) is 0 Å². The second-order valence-corrected chi connectivity index (χ2v) is 6.76. The van der Waals surface area contributed by atoms with Crippen molar-refractivity contribution in [1.82, 2.24) is 15.5 Å². The predicted molar refractivity (Wildman–Crippen MR) is 80.6 cm³/mol.